The summed E-state index contributed by atoms with van der Waals surface area (Å²) < 4.78 is 18.9. The number of ether oxygens (including phenoxy) is 1. The number of hydrogen-bond acceptors (Lipinski definition) is 2. The molecule has 0 saturated heterocycles. The molecule has 0 bridgehead atoms. The van der Waals surface area contributed by atoms with Crippen LogP contribution in [0, 0.1) is 5.82 Å². The lowest BCUT2D eigenvalue weighted by Crippen LogP contribution is -2.39. The SMILES string of the molecule is CCNC(=NCCCOC)NC1CC1c1c(F)cccc1Cl.I. The predicted octanol–water partition coefficient (Wildman–Crippen LogP) is 3.54. The van der Waals surface area contributed by atoms with Crippen molar-refractivity contribution in [2.45, 2.75) is 31.7 Å². The Morgan fingerprint density at radius 1 is 1.48 bits per heavy atom. The van der Waals surface area contributed by atoms with Crippen molar-refractivity contribution in [2.75, 3.05) is 26.8 Å². The number of nitrogens with zero attached hydrogens (tertiary/aromatic N) is 1. The average molecular weight is 456 g/mol. The molecule has 0 aliphatic heterocycles. The monoisotopic (exact) mass is 455 g/mol. The zero-order chi connectivity index (χ0) is 15.9. The Hall–Kier alpha value is -0.600. The smallest absolute Gasteiger partial charge is 0.191 e. The summed E-state index contributed by atoms with van der Waals surface area (Å²) in [4.78, 5) is 4.49. The molecule has 0 radical (unpaired) electrons. The molecular weight excluding hydrogens is 432 g/mol. The Morgan fingerprint density at radius 2 is 2.26 bits per heavy atom. The molecule has 2 atom stereocenters. The Labute approximate surface area is 159 Å². The van der Waals surface area contributed by atoms with Gasteiger partial charge < -0.3 is 15.4 Å². The molecule has 7 heteroatoms. The van der Waals surface area contributed by atoms with Gasteiger partial charge in [-0.15, -0.1) is 24.0 Å². The van der Waals surface area contributed by atoms with Gasteiger partial charge in [0, 0.05) is 49.4 Å². The van der Waals surface area contributed by atoms with Gasteiger partial charge in [0.25, 0.3) is 0 Å². The standard InChI is InChI=1S/C16H23ClFN3O.HI/c1-3-19-16(20-8-5-9-22-2)21-14-10-11(14)15-12(17)6-4-7-13(15)18;/h4,6-7,11,14H,3,5,8-10H2,1-2H3,(H2,19,20,21);1H. The topological polar surface area (TPSA) is 45.7 Å². The summed E-state index contributed by atoms with van der Waals surface area (Å²) in [5.41, 5.74) is 0.608. The maximum absolute atomic E-state index is 13.9. The summed E-state index contributed by atoms with van der Waals surface area (Å²) in [5.74, 6) is 0.638. The van der Waals surface area contributed by atoms with E-state index in [1.165, 1.54) is 6.07 Å². The molecule has 0 heterocycles. The van der Waals surface area contributed by atoms with Gasteiger partial charge >= 0.3 is 0 Å². The summed E-state index contributed by atoms with van der Waals surface area (Å²) in [6.45, 7) is 4.19. The van der Waals surface area contributed by atoms with Crippen molar-refractivity contribution in [2.24, 2.45) is 4.99 Å². The van der Waals surface area contributed by atoms with Gasteiger partial charge in [-0.1, -0.05) is 17.7 Å². The molecule has 1 fully saturated rings. The molecule has 1 aromatic rings. The summed E-state index contributed by atoms with van der Waals surface area (Å²) >= 11 is 6.12. The van der Waals surface area contributed by atoms with Crippen LogP contribution in [0.4, 0.5) is 4.39 Å². The van der Waals surface area contributed by atoms with Crippen LogP contribution < -0.4 is 10.6 Å². The number of benzene rings is 1. The first kappa shape index (κ1) is 20.4. The highest BCUT2D eigenvalue weighted by molar-refractivity contribution is 14.0. The van der Waals surface area contributed by atoms with Crippen LogP contribution in [-0.2, 0) is 4.74 Å². The van der Waals surface area contributed by atoms with E-state index in [0.717, 1.165) is 25.3 Å². The van der Waals surface area contributed by atoms with Gasteiger partial charge in [-0.25, -0.2) is 4.39 Å². The molecule has 0 spiro atoms. The lowest BCUT2D eigenvalue weighted by Gasteiger charge is -2.12. The second-order valence-corrected chi connectivity index (χ2v) is 5.74. The fourth-order valence-corrected chi connectivity index (χ4v) is 2.74. The first-order valence-electron chi connectivity index (χ1n) is 7.65. The molecule has 0 aromatic heterocycles. The minimum absolute atomic E-state index is 0. The third-order valence-electron chi connectivity index (χ3n) is 3.60. The van der Waals surface area contributed by atoms with Crippen LogP contribution in [0.15, 0.2) is 23.2 Å². The summed E-state index contributed by atoms with van der Waals surface area (Å²) in [5, 5.41) is 7.04. The highest BCUT2D eigenvalue weighted by Crippen LogP contribution is 2.44. The molecule has 1 aliphatic carbocycles. The number of methoxy groups -OCH3 is 1. The molecule has 2 rings (SSSR count). The summed E-state index contributed by atoms with van der Waals surface area (Å²) in [6, 6.07) is 5.00. The van der Waals surface area contributed by atoms with Crippen LogP contribution >= 0.6 is 35.6 Å². The molecule has 2 unspecified atom stereocenters. The van der Waals surface area contributed by atoms with E-state index in [1.807, 2.05) is 6.92 Å². The van der Waals surface area contributed by atoms with Crippen molar-refractivity contribution in [3.05, 3.63) is 34.6 Å². The maximum atomic E-state index is 13.9. The quantitative estimate of drug-likeness (QED) is 0.286. The summed E-state index contributed by atoms with van der Waals surface area (Å²) in [7, 11) is 1.68. The van der Waals surface area contributed by atoms with Crippen molar-refractivity contribution in [3.8, 4) is 0 Å². The van der Waals surface area contributed by atoms with Gasteiger partial charge in [0.05, 0.1) is 0 Å². The first-order chi connectivity index (χ1) is 10.7. The van der Waals surface area contributed by atoms with Crippen LogP contribution in [-0.4, -0.2) is 38.8 Å². The zero-order valence-electron chi connectivity index (χ0n) is 13.4. The minimum atomic E-state index is -0.233. The Kier molecular flexibility index (Phi) is 9.16. The average Bonchev–Trinajstić information content (AvgIpc) is 3.22. The lowest BCUT2D eigenvalue weighted by molar-refractivity contribution is 0.197. The third kappa shape index (κ3) is 6.08. The third-order valence-corrected chi connectivity index (χ3v) is 3.93. The van der Waals surface area contributed by atoms with Gasteiger partial charge in [-0.3, -0.25) is 4.99 Å². The molecule has 1 aromatic carbocycles. The first-order valence-corrected chi connectivity index (χ1v) is 8.02. The summed E-state index contributed by atoms with van der Waals surface area (Å²) in [6.07, 6.45) is 1.74. The Balaban J connectivity index is 0.00000264. The minimum Gasteiger partial charge on any atom is -0.385 e. The second kappa shape index (κ2) is 10.3. The van der Waals surface area contributed by atoms with Crippen LogP contribution in [0.3, 0.4) is 0 Å². The number of aliphatic imine (C=N–C) groups is 1. The zero-order valence-corrected chi connectivity index (χ0v) is 16.5. The van der Waals surface area contributed by atoms with Crippen LogP contribution in [0.2, 0.25) is 5.02 Å². The molecule has 4 nitrogen and oxygen atoms in total. The number of halogens is 3. The number of guanidine groups is 1. The lowest BCUT2D eigenvalue weighted by atomic mass is 10.1. The molecule has 1 saturated carbocycles. The van der Waals surface area contributed by atoms with Crippen molar-refractivity contribution in [1.29, 1.82) is 0 Å². The van der Waals surface area contributed by atoms with Gasteiger partial charge in [0.2, 0.25) is 0 Å². The van der Waals surface area contributed by atoms with E-state index in [9.17, 15) is 4.39 Å². The van der Waals surface area contributed by atoms with E-state index < -0.39 is 0 Å². The fraction of sp³-hybridized carbons (Fsp3) is 0.562. The molecule has 130 valence electrons. The van der Waals surface area contributed by atoms with Crippen molar-refractivity contribution >= 4 is 41.5 Å². The van der Waals surface area contributed by atoms with E-state index >= 15 is 0 Å². The fourth-order valence-electron chi connectivity index (χ4n) is 2.43. The molecule has 2 N–H and O–H groups in total. The van der Waals surface area contributed by atoms with Crippen LogP contribution in [0.25, 0.3) is 0 Å². The maximum Gasteiger partial charge on any atom is 0.191 e. The normalized spacial score (nSPS) is 19.9. The van der Waals surface area contributed by atoms with Crippen LogP contribution in [0.1, 0.15) is 31.2 Å². The predicted molar refractivity (Wildman–Crippen MR) is 104 cm³/mol. The Bertz CT molecular complexity index is 510. The van der Waals surface area contributed by atoms with E-state index in [0.29, 0.717) is 23.7 Å². The van der Waals surface area contributed by atoms with Crippen molar-refractivity contribution < 1.29 is 9.13 Å². The molecule has 0 amide bonds. The van der Waals surface area contributed by atoms with Gasteiger partial charge in [-0.05, 0) is 31.9 Å². The molecule has 1 aliphatic rings. The molecule has 23 heavy (non-hydrogen) atoms. The molecular formula is C16H24ClFIN3O. The van der Waals surface area contributed by atoms with E-state index in [-0.39, 0.29) is 41.8 Å². The Morgan fingerprint density at radius 3 is 2.91 bits per heavy atom. The van der Waals surface area contributed by atoms with Gasteiger partial charge in [0.1, 0.15) is 5.82 Å². The highest BCUT2D eigenvalue weighted by atomic mass is 127. The number of hydrogen-bond donors (Lipinski definition) is 2. The van der Waals surface area contributed by atoms with Gasteiger partial charge in [0.15, 0.2) is 5.96 Å². The van der Waals surface area contributed by atoms with Crippen molar-refractivity contribution in [3.63, 3.8) is 0 Å². The van der Waals surface area contributed by atoms with E-state index in [2.05, 4.69) is 15.6 Å². The van der Waals surface area contributed by atoms with E-state index in [4.69, 9.17) is 16.3 Å². The van der Waals surface area contributed by atoms with Crippen LogP contribution in [0.5, 0.6) is 0 Å². The van der Waals surface area contributed by atoms with Gasteiger partial charge in [-0.2, -0.15) is 0 Å². The second-order valence-electron chi connectivity index (χ2n) is 5.34. The highest BCUT2D eigenvalue weighted by Gasteiger charge is 2.41. The number of rotatable bonds is 7. The van der Waals surface area contributed by atoms with Crippen molar-refractivity contribution in [1.82, 2.24) is 10.6 Å². The van der Waals surface area contributed by atoms with E-state index in [1.54, 1.807) is 19.2 Å². The largest absolute Gasteiger partial charge is 0.385 e. The number of nitrogens with one attached hydrogen (secondary N) is 2.